The monoisotopic (exact) mass is 265 g/mol. The van der Waals surface area contributed by atoms with Crippen LogP contribution in [0.4, 0.5) is 0 Å². The molecule has 0 radical (unpaired) electrons. The van der Waals surface area contributed by atoms with Crippen LogP contribution in [0.25, 0.3) is 10.8 Å². The summed E-state index contributed by atoms with van der Waals surface area (Å²) in [7, 11) is 0. The SMILES string of the molecule is O=C(Cn1nc(-c2cccs2)oc1=O)NC1CC1. The third kappa shape index (κ3) is 2.35. The maximum atomic E-state index is 11.6. The van der Waals surface area contributed by atoms with Crippen LogP contribution in [-0.4, -0.2) is 21.7 Å². The van der Waals surface area contributed by atoms with E-state index in [1.807, 2.05) is 17.5 Å². The van der Waals surface area contributed by atoms with E-state index in [4.69, 9.17) is 4.42 Å². The molecule has 2 aromatic heterocycles. The van der Waals surface area contributed by atoms with Crippen molar-refractivity contribution in [2.75, 3.05) is 0 Å². The smallest absolute Gasteiger partial charge is 0.387 e. The van der Waals surface area contributed by atoms with Gasteiger partial charge in [-0.15, -0.1) is 16.4 Å². The zero-order valence-corrected chi connectivity index (χ0v) is 10.3. The highest BCUT2D eigenvalue weighted by molar-refractivity contribution is 7.13. The van der Waals surface area contributed by atoms with E-state index in [9.17, 15) is 9.59 Å². The van der Waals surface area contributed by atoms with Gasteiger partial charge in [0.2, 0.25) is 5.91 Å². The summed E-state index contributed by atoms with van der Waals surface area (Å²) in [6, 6.07) is 3.93. The number of hydrogen-bond acceptors (Lipinski definition) is 5. The fraction of sp³-hybridized carbons (Fsp3) is 0.364. The van der Waals surface area contributed by atoms with Crippen LogP contribution in [0.15, 0.2) is 26.7 Å². The highest BCUT2D eigenvalue weighted by Gasteiger charge is 2.24. The van der Waals surface area contributed by atoms with Gasteiger partial charge in [0.25, 0.3) is 5.89 Å². The Labute approximate surface area is 106 Å². The first kappa shape index (κ1) is 11.2. The van der Waals surface area contributed by atoms with E-state index in [0.29, 0.717) is 0 Å². The van der Waals surface area contributed by atoms with Crippen LogP contribution in [0, 0.1) is 0 Å². The minimum Gasteiger partial charge on any atom is -0.387 e. The molecule has 0 aromatic carbocycles. The van der Waals surface area contributed by atoms with Crippen molar-refractivity contribution in [2.24, 2.45) is 0 Å². The van der Waals surface area contributed by atoms with Crippen molar-refractivity contribution < 1.29 is 9.21 Å². The number of thiophene rings is 1. The van der Waals surface area contributed by atoms with Gasteiger partial charge in [0.15, 0.2) is 0 Å². The van der Waals surface area contributed by atoms with E-state index in [2.05, 4.69) is 10.4 Å². The third-order valence-electron chi connectivity index (χ3n) is 2.57. The number of carbonyl (C=O) groups is 1. The molecule has 1 amide bonds. The van der Waals surface area contributed by atoms with E-state index < -0.39 is 5.76 Å². The van der Waals surface area contributed by atoms with Crippen LogP contribution in [0.3, 0.4) is 0 Å². The number of hydrogen-bond donors (Lipinski definition) is 1. The Balaban J connectivity index is 1.76. The molecule has 0 spiro atoms. The maximum absolute atomic E-state index is 11.6. The fourth-order valence-electron chi connectivity index (χ4n) is 1.54. The lowest BCUT2D eigenvalue weighted by atomic mass is 10.5. The Bertz CT molecular complexity index is 610. The average Bonchev–Trinajstić information content (AvgIpc) is 2.86. The van der Waals surface area contributed by atoms with Crippen LogP contribution in [-0.2, 0) is 11.3 Å². The van der Waals surface area contributed by atoms with Crippen molar-refractivity contribution in [3.05, 3.63) is 28.1 Å². The van der Waals surface area contributed by atoms with E-state index in [1.165, 1.54) is 11.3 Å². The number of aromatic nitrogens is 2. The van der Waals surface area contributed by atoms with E-state index in [1.54, 1.807) is 0 Å². The second-order valence-corrected chi connectivity index (χ2v) is 5.10. The Morgan fingerprint density at radius 2 is 2.44 bits per heavy atom. The van der Waals surface area contributed by atoms with E-state index in [0.717, 1.165) is 22.4 Å². The minimum atomic E-state index is -0.607. The van der Waals surface area contributed by atoms with Crippen LogP contribution >= 0.6 is 11.3 Å². The molecule has 1 N–H and O–H groups in total. The standard InChI is InChI=1S/C11H11N3O3S/c15-9(12-7-3-4-7)6-14-11(16)17-10(13-14)8-2-1-5-18-8/h1-2,5,7H,3-4,6H2,(H,12,15). The summed E-state index contributed by atoms with van der Waals surface area (Å²) in [4.78, 5) is 23.9. The highest BCUT2D eigenvalue weighted by atomic mass is 32.1. The molecule has 0 unspecified atom stereocenters. The first-order chi connectivity index (χ1) is 8.72. The summed E-state index contributed by atoms with van der Waals surface area (Å²) >= 11 is 1.43. The van der Waals surface area contributed by atoms with Crippen molar-refractivity contribution in [1.82, 2.24) is 15.1 Å². The van der Waals surface area contributed by atoms with E-state index >= 15 is 0 Å². The molecule has 0 saturated heterocycles. The van der Waals surface area contributed by atoms with E-state index in [-0.39, 0.29) is 24.4 Å². The van der Waals surface area contributed by atoms with Gasteiger partial charge in [-0.1, -0.05) is 6.07 Å². The molecule has 1 fully saturated rings. The number of carbonyl (C=O) groups excluding carboxylic acids is 1. The Morgan fingerprint density at radius 3 is 3.11 bits per heavy atom. The van der Waals surface area contributed by atoms with Crippen LogP contribution in [0.2, 0.25) is 0 Å². The molecule has 3 rings (SSSR count). The summed E-state index contributed by atoms with van der Waals surface area (Å²) in [5, 5.41) is 8.67. The summed E-state index contributed by atoms with van der Waals surface area (Å²) in [5.74, 6) is -0.552. The molecule has 2 heterocycles. The molecular formula is C11H11N3O3S. The van der Waals surface area contributed by atoms with Crippen LogP contribution in [0.5, 0.6) is 0 Å². The Hall–Kier alpha value is -1.89. The fourth-order valence-corrected chi connectivity index (χ4v) is 2.19. The van der Waals surface area contributed by atoms with Crippen LogP contribution < -0.4 is 11.1 Å². The van der Waals surface area contributed by atoms with Crippen molar-refractivity contribution in [3.63, 3.8) is 0 Å². The van der Waals surface area contributed by atoms with Gasteiger partial charge in [-0.2, -0.15) is 4.68 Å². The first-order valence-electron chi connectivity index (χ1n) is 5.63. The molecular weight excluding hydrogens is 254 g/mol. The second-order valence-electron chi connectivity index (χ2n) is 4.15. The van der Waals surface area contributed by atoms with Gasteiger partial charge in [-0.25, -0.2) is 4.79 Å². The van der Waals surface area contributed by atoms with Crippen molar-refractivity contribution in [3.8, 4) is 10.8 Å². The third-order valence-corrected chi connectivity index (χ3v) is 3.43. The second kappa shape index (κ2) is 4.41. The molecule has 7 heteroatoms. The zero-order chi connectivity index (χ0) is 12.5. The van der Waals surface area contributed by atoms with Gasteiger partial charge >= 0.3 is 5.76 Å². The molecule has 18 heavy (non-hydrogen) atoms. The molecule has 0 atom stereocenters. The quantitative estimate of drug-likeness (QED) is 0.888. The first-order valence-corrected chi connectivity index (χ1v) is 6.51. The largest absolute Gasteiger partial charge is 0.437 e. The maximum Gasteiger partial charge on any atom is 0.437 e. The topological polar surface area (TPSA) is 77.1 Å². The molecule has 1 aliphatic rings. The summed E-state index contributed by atoms with van der Waals surface area (Å²) < 4.78 is 6.06. The normalized spacial score (nSPS) is 14.7. The predicted molar refractivity (Wildman–Crippen MR) is 65.2 cm³/mol. The van der Waals surface area contributed by atoms with Crippen molar-refractivity contribution in [2.45, 2.75) is 25.4 Å². The number of amides is 1. The van der Waals surface area contributed by atoms with Crippen molar-refractivity contribution >= 4 is 17.2 Å². The number of rotatable bonds is 4. The lowest BCUT2D eigenvalue weighted by molar-refractivity contribution is -0.122. The minimum absolute atomic E-state index is 0.0930. The highest BCUT2D eigenvalue weighted by Crippen LogP contribution is 2.21. The average molecular weight is 265 g/mol. The van der Waals surface area contributed by atoms with Gasteiger partial charge in [0, 0.05) is 6.04 Å². The van der Waals surface area contributed by atoms with Crippen LogP contribution in [0.1, 0.15) is 12.8 Å². The lowest BCUT2D eigenvalue weighted by Crippen LogP contribution is -2.32. The van der Waals surface area contributed by atoms with Crippen molar-refractivity contribution in [1.29, 1.82) is 0 Å². The van der Waals surface area contributed by atoms with Gasteiger partial charge in [0.05, 0.1) is 4.88 Å². The molecule has 1 aliphatic carbocycles. The molecule has 94 valence electrons. The summed E-state index contributed by atoms with van der Waals surface area (Å²) in [5.41, 5.74) is 0. The molecule has 0 aliphatic heterocycles. The summed E-state index contributed by atoms with van der Waals surface area (Å²) in [6.45, 7) is -0.0930. The molecule has 2 aromatic rings. The predicted octanol–water partition coefficient (Wildman–Crippen LogP) is 0.843. The lowest BCUT2D eigenvalue weighted by Gasteiger charge is -2.00. The van der Waals surface area contributed by atoms with Gasteiger partial charge in [-0.05, 0) is 24.3 Å². The number of nitrogens with zero attached hydrogens (tertiary/aromatic N) is 2. The number of nitrogens with one attached hydrogen (secondary N) is 1. The Kier molecular flexibility index (Phi) is 2.75. The molecule has 0 bridgehead atoms. The Morgan fingerprint density at radius 1 is 1.61 bits per heavy atom. The molecule has 6 nitrogen and oxygen atoms in total. The molecule has 1 saturated carbocycles. The summed E-state index contributed by atoms with van der Waals surface area (Å²) in [6.07, 6.45) is 2.03. The zero-order valence-electron chi connectivity index (χ0n) is 9.46. The van der Waals surface area contributed by atoms with Gasteiger partial charge in [0.1, 0.15) is 6.54 Å². The van der Waals surface area contributed by atoms with Gasteiger partial charge < -0.3 is 9.73 Å². The van der Waals surface area contributed by atoms with Gasteiger partial charge in [-0.3, -0.25) is 4.79 Å².